The number of para-hydroxylation sites is 1. The van der Waals surface area contributed by atoms with E-state index in [-0.39, 0.29) is 41.2 Å². The predicted octanol–water partition coefficient (Wildman–Crippen LogP) is 2.34. The molecule has 0 bridgehead atoms. The minimum absolute atomic E-state index is 0. The van der Waals surface area contributed by atoms with Crippen LogP contribution in [0, 0.1) is 5.92 Å². The number of aromatic hydroxyl groups is 1. The van der Waals surface area contributed by atoms with Crippen LogP contribution in [-0.4, -0.2) is 42.6 Å². The van der Waals surface area contributed by atoms with Crippen molar-refractivity contribution in [2.45, 2.75) is 33.7 Å². The van der Waals surface area contributed by atoms with Crippen LogP contribution < -0.4 is 16.0 Å². The van der Waals surface area contributed by atoms with Gasteiger partial charge in [0.25, 0.3) is 5.91 Å². The molecule has 4 N–H and O–H groups in total. The number of carbonyl (C=O) groups excluding carboxylic acids is 1. The Morgan fingerprint density at radius 3 is 2.46 bits per heavy atom. The maximum Gasteiger partial charge on any atom is 0.255 e. The number of aliphatic imine (C=N–C) groups is 1. The van der Waals surface area contributed by atoms with Crippen LogP contribution in [-0.2, 0) is 0 Å². The Morgan fingerprint density at radius 1 is 1.21 bits per heavy atom. The SMILES string of the molecule is CCNC(=NCCNC(=O)c1ccccc1O)NC(C)C(C)C.I. The molecule has 0 fully saturated rings. The molecular weight excluding hydrogens is 419 g/mol. The highest BCUT2D eigenvalue weighted by atomic mass is 127. The first-order chi connectivity index (χ1) is 11.0. The second kappa shape index (κ2) is 11.9. The number of phenolic OH excluding ortho intramolecular Hbond substituents is 1. The number of carbonyl (C=O) groups is 1. The van der Waals surface area contributed by atoms with Crippen LogP contribution in [0.15, 0.2) is 29.3 Å². The normalized spacial score (nSPS) is 12.3. The third-order valence-corrected chi connectivity index (χ3v) is 3.52. The summed E-state index contributed by atoms with van der Waals surface area (Å²) in [4.78, 5) is 16.4. The summed E-state index contributed by atoms with van der Waals surface area (Å²) in [6.45, 7) is 10.1. The van der Waals surface area contributed by atoms with Gasteiger partial charge in [-0.25, -0.2) is 0 Å². The Balaban J connectivity index is 0.00000529. The zero-order valence-corrected chi connectivity index (χ0v) is 17.1. The average Bonchev–Trinajstić information content (AvgIpc) is 2.51. The summed E-state index contributed by atoms with van der Waals surface area (Å²) in [5, 5.41) is 18.9. The lowest BCUT2D eigenvalue weighted by Crippen LogP contribution is -2.44. The quantitative estimate of drug-likeness (QED) is 0.223. The minimum atomic E-state index is -0.299. The monoisotopic (exact) mass is 448 g/mol. The summed E-state index contributed by atoms with van der Waals surface area (Å²) in [5.41, 5.74) is 0.273. The molecule has 0 heterocycles. The maximum absolute atomic E-state index is 12.0. The zero-order valence-electron chi connectivity index (χ0n) is 14.8. The van der Waals surface area contributed by atoms with Gasteiger partial charge in [-0.15, -0.1) is 24.0 Å². The molecule has 1 rings (SSSR count). The zero-order chi connectivity index (χ0) is 17.2. The van der Waals surface area contributed by atoms with Gasteiger partial charge >= 0.3 is 0 Å². The third-order valence-electron chi connectivity index (χ3n) is 3.52. The fourth-order valence-corrected chi connectivity index (χ4v) is 1.80. The van der Waals surface area contributed by atoms with Crippen LogP contribution in [0.1, 0.15) is 38.1 Å². The van der Waals surface area contributed by atoms with Crippen molar-refractivity contribution in [1.82, 2.24) is 16.0 Å². The third kappa shape index (κ3) is 7.85. The van der Waals surface area contributed by atoms with Crippen LogP contribution in [0.2, 0.25) is 0 Å². The molecular formula is C17H29IN4O2. The fourth-order valence-electron chi connectivity index (χ4n) is 1.80. The van der Waals surface area contributed by atoms with Gasteiger partial charge in [-0.05, 0) is 31.9 Å². The van der Waals surface area contributed by atoms with Gasteiger partial charge in [0.1, 0.15) is 5.75 Å². The largest absolute Gasteiger partial charge is 0.507 e. The maximum atomic E-state index is 12.0. The molecule has 0 aliphatic rings. The molecule has 6 nitrogen and oxygen atoms in total. The van der Waals surface area contributed by atoms with Crippen LogP contribution in [0.25, 0.3) is 0 Å². The first kappa shape index (κ1) is 22.5. The highest BCUT2D eigenvalue weighted by Gasteiger charge is 2.10. The second-order valence-electron chi connectivity index (χ2n) is 5.71. The van der Waals surface area contributed by atoms with Crippen LogP contribution in [0.4, 0.5) is 0 Å². The van der Waals surface area contributed by atoms with Crippen molar-refractivity contribution in [2.24, 2.45) is 10.9 Å². The molecule has 0 aromatic heterocycles. The van der Waals surface area contributed by atoms with E-state index in [0.717, 1.165) is 12.5 Å². The van der Waals surface area contributed by atoms with Gasteiger partial charge in [0.05, 0.1) is 12.1 Å². The van der Waals surface area contributed by atoms with Gasteiger partial charge in [-0.2, -0.15) is 0 Å². The standard InChI is InChI=1S/C17H28N4O2.HI/c1-5-18-17(21-13(4)12(2)3)20-11-10-19-16(23)14-8-6-7-9-15(14)22;/h6-9,12-13,22H,5,10-11H2,1-4H3,(H,19,23)(H2,18,20,21);1H. The molecule has 0 aliphatic heterocycles. The van der Waals surface area contributed by atoms with Gasteiger partial charge in [0.15, 0.2) is 5.96 Å². The van der Waals surface area contributed by atoms with E-state index < -0.39 is 0 Å². The molecule has 1 amide bonds. The van der Waals surface area contributed by atoms with Crippen molar-refractivity contribution in [2.75, 3.05) is 19.6 Å². The number of halogens is 1. The summed E-state index contributed by atoms with van der Waals surface area (Å²) in [5.74, 6) is 0.922. The number of nitrogens with zero attached hydrogens (tertiary/aromatic N) is 1. The van der Waals surface area contributed by atoms with Crippen LogP contribution in [0.5, 0.6) is 5.75 Å². The van der Waals surface area contributed by atoms with Gasteiger partial charge < -0.3 is 21.1 Å². The smallest absolute Gasteiger partial charge is 0.255 e. The van der Waals surface area contributed by atoms with E-state index in [9.17, 15) is 9.90 Å². The van der Waals surface area contributed by atoms with E-state index in [1.807, 2.05) is 6.92 Å². The first-order valence-electron chi connectivity index (χ1n) is 8.06. The van der Waals surface area contributed by atoms with Crippen molar-refractivity contribution >= 4 is 35.8 Å². The molecule has 1 atom stereocenters. The van der Waals surface area contributed by atoms with Crippen LogP contribution in [0.3, 0.4) is 0 Å². The molecule has 1 aromatic carbocycles. The molecule has 0 spiro atoms. The summed E-state index contributed by atoms with van der Waals surface area (Å²) < 4.78 is 0. The average molecular weight is 448 g/mol. The van der Waals surface area contributed by atoms with E-state index in [2.05, 4.69) is 41.7 Å². The number of amides is 1. The molecule has 1 unspecified atom stereocenters. The number of hydrogen-bond donors (Lipinski definition) is 4. The Bertz CT molecular complexity index is 535. The van der Waals surface area contributed by atoms with Gasteiger partial charge in [0.2, 0.25) is 0 Å². The number of nitrogens with one attached hydrogen (secondary N) is 3. The Morgan fingerprint density at radius 2 is 1.88 bits per heavy atom. The second-order valence-corrected chi connectivity index (χ2v) is 5.71. The molecule has 1 aromatic rings. The lowest BCUT2D eigenvalue weighted by molar-refractivity contribution is 0.0952. The lowest BCUT2D eigenvalue weighted by atomic mass is 10.1. The van der Waals surface area contributed by atoms with E-state index >= 15 is 0 Å². The van der Waals surface area contributed by atoms with E-state index in [1.54, 1.807) is 18.2 Å². The van der Waals surface area contributed by atoms with Gasteiger partial charge in [-0.3, -0.25) is 9.79 Å². The van der Waals surface area contributed by atoms with Crippen molar-refractivity contribution < 1.29 is 9.90 Å². The number of hydrogen-bond acceptors (Lipinski definition) is 3. The van der Waals surface area contributed by atoms with E-state index in [1.165, 1.54) is 6.07 Å². The Kier molecular flexibility index (Phi) is 11.2. The van der Waals surface area contributed by atoms with E-state index in [4.69, 9.17) is 0 Å². The van der Waals surface area contributed by atoms with Crippen LogP contribution >= 0.6 is 24.0 Å². The van der Waals surface area contributed by atoms with Crippen molar-refractivity contribution in [3.63, 3.8) is 0 Å². The van der Waals surface area contributed by atoms with Crippen molar-refractivity contribution in [3.05, 3.63) is 29.8 Å². The molecule has 7 heteroatoms. The predicted molar refractivity (Wildman–Crippen MR) is 109 cm³/mol. The summed E-state index contributed by atoms with van der Waals surface area (Å²) >= 11 is 0. The number of phenols is 1. The summed E-state index contributed by atoms with van der Waals surface area (Å²) in [7, 11) is 0. The lowest BCUT2D eigenvalue weighted by Gasteiger charge is -2.20. The Hall–Kier alpha value is -1.51. The van der Waals surface area contributed by atoms with Crippen molar-refractivity contribution in [1.29, 1.82) is 0 Å². The molecule has 0 aliphatic carbocycles. The highest BCUT2D eigenvalue weighted by molar-refractivity contribution is 14.0. The summed E-state index contributed by atoms with van der Waals surface area (Å²) in [6.07, 6.45) is 0. The molecule has 0 saturated heterocycles. The number of benzene rings is 1. The molecule has 0 saturated carbocycles. The minimum Gasteiger partial charge on any atom is -0.507 e. The summed E-state index contributed by atoms with van der Waals surface area (Å²) in [6, 6.07) is 6.79. The van der Waals surface area contributed by atoms with E-state index in [0.29, 0.717) is 25.0 Å². The Labute approximate surface area is 161 Å². The first-order valence-corrected chi connectivity index (χ1v) is 8.06. The van der Waals surface area contributed by atoms with Gasteiger partial charge in [-0.1, -0.05) is 26.0 Å². The number of rotatable bonds is 7. The molecule has 0 radical (unpaired) electrons. The molecule has 24 heavy (non-hydrogen) atoms. The highest BCUT2D eigenvalue weighted by Crippen LogP contribution is 2.14. The fraction of sp³-hybridized carbons (Fsp3) is 0.529. The van der Waals surface area contributed by atoms with Gasteiger partial charge in [0, 0.05) is 19.1 Å². The topological polar surface area (TPSA) is 85.8 Å². The van der Waals surface area contributed by atoms with Crippen molar-refractivity contribution in [3.8, 4) is 5.75 Å². The molecule has 136 valence electrons. The number of guanidine groups is 1.